The third kappa shape index (κ3) is 2.25. The van der Waals surface area contributed by atoms with E-state index in [4.69, 9.17) is 0 Å². The number of aryl methyl sites for hydroxylation is 1. The summed E-state index contributed by atoms with van der Waals surface area (Å²) in [6, 6.07) is 3.20. The number of ether oxygens (including phenoxy) is 1. The predicted molar refractivity (Wildman–Crippen MR) is 66.8 cm³/mol. The fourth-order valence-electron chi connectivity index (χ4n) is 1.44. The van der Waals surface area contributed by atoms with Crippen LogP contribution in [0.3, 0.4) is 0 Å². The molecule has 0 atom stereocenters. The number of rotatable bonds is 3. The fraction of sp³-hybridized carbons (Fsp3) is 0.182. The molecule has 0 saturated carbocycles. The lowest BCUT2D eigenvalue weighted by atomic mass is 10.3. The molecule has 6 nitrogen and oxygen atoms in total. The molecule has 0 radical (unpaired) electrons. The highest BCUT2D eigenvalue weighted by Gasteiger charge is 2.17. The molecule has 0 aliphatic rings. The van der Waals surface area contributed by atoms with E-state index in [0.29, 0.717) is 16.3 Å². The molecule has 0 fully saturated rings. The van der Waals surface area contributed by atoms with E-state index in [1.807, 2.05) is 0 Å². The Morgan fingerprint density at radius 3 is 2.83 bits per heavy atom. The molecule has 1 amide bonds. The molecule has 0 spiro atoms. The van der Waals surface area contributed by atoms with Crippen LogP contribution in [0.25, 0.3) is 0 Å². The topological polar surface area (TPSA) is 73.2 Å². The van der Waals surface area contributed by atoms with E-state index in [-0.39, 0.29) is 5.91 Å². The van der Waals surface area contributed by atoms with Crippen LogP contribution in [0.2, 0.25) is 0 Å². The number of hydrogen-bond donors (Lipinski definition) is 1. The third-order valence-electron chi connectivity index (χ3n) is 2.35. The molecular formula is C11H11N3O3S. The molecule has 0 unspecified atom stereocenters. The molecule has 0 bridgehead atoms. The lowest BCUT2D eigenvalue weighted by Gasteiger charge is -2.05. The zero-order valence-electron chi connectivity index (χ0n) is 9.84. The van der Waals surface area contributed by atoms with Gasteiger partial charge in [0.15, 0.2) is 0 Å². The Labute approximate surface area is 107 Å². The number of methoxy groups -OCH3 is 1. The third-order valence-corrected chi connectivity index (χ3v) is 3.18. The maximum Gasteiger partial charge on any atom is 0.340 e. The van der Waals surface area contributed by atoms with Crippen molar-refractivity contribution in [3.8, 4) is 0 Å². The average Bonchev–Trinajstić information content (AvgIpc) is 2.97. The van der Waals surface area contributed by atoms with Gasteiger partial charge in [0.1, 0.15) is 10.7 Å². The van der Waals surface area contributed by atoms with Crippen molar-refractivity contribution in [1.82, 2.24) is 9.78 Å². The molecule has 1 N–H and O–H groups in total. The quantitative estimate of drug-likeness (QED) is 0.854. The molecule has 18 heavy (non-hydrogen) atoms. The largest absolute Gasteiger partial charge is 0.465 e. The van der Waals surface area contributed by atoms with E-state index < -0.39 is 5.97 Å². The first kappa shape index (κ1) is 12.3. The van der Waals surface area contributed by atoms with Crippen LogP contribution in [-0.2, 0) is 11.8 Å². The van der Waals surface area contributed by atoms with E-state index >= 15 is 0 Å². The van der Waals surface area contributed by atoms with Gasteiger partial charge >= 0.3 is 5.97 Å². The van der Waals surface area contributed by atoms with Gasteiger partial charge in [-0.2, -0.15) is 5.10 Å². The summed E-state index contributed by atoms with van der Waals surface area (Å²) in [7, 11) is 2.97. The molecule has 7 heteroatoms. The summed E-state index contributed by atoms with van der Waals surface area (Å²) in [6.07, 6.45) is 1.53. The van der Waals surface area contributed by atoms with Gasteiger partial charge in [-0.1, -0.05) is 0 Å². The number of nitrogens with zero attached hydrogens (tertiary/aromatic N) is 2. The molecule has 94 valence electrons. The van der Waals surface area contributed by atoms with Crippen LogP contribution in [0, 0.1) is 0 Å². The minimum Gasteiger partial charge on any atom is -0.465 e. The van der Waals surface area contributed by atoms with Crippen LogP contribution in [-0.4, -0.2) is 28.8 Å². The molecule has 0 aromatic carbocycles. The summed E-state index contributed by atoms with van der Waals surface area (Å²) >= 11 is 1.26. The Kier molecular flexibility index (Phi) is 3.42. The van der Waals surface area contributed by atoms with Gasteiger partial charge in [0, 0.05) is 13.2 Å². The summed E-state index contributed by atoms with van der Waals surface area (Å²) in [6.45, 7) is 0. The molecule has 2 rings (SSSR count). The van der Waals surface area contributed by atoms with Gasteiger partial charge in [-0.3, -0.25) is 9.48 Å². The number of anilines is 1. The first-order chi connectivity index (χ1) is 8.63. The second kappa shape index (κ2) is 5.01. The number of aromatic nitrogens is 2. The molecule has 0 aliphatic heterocycles. The van der Waals surface area contributed by atoms with Crippen molar-refractivity contribution in [3.05, 3.63) is 35.0 Å². The Bertz CT molecular complexity index is 588. The number of thiophene rings is 1. The first-order valence-corrected chi connectivity index (χ1v) is 5.96. The lowest BCUT2D eigenvalue weighted by molar-refractivity contribution is 0.0602. The normalized spacial score (nSPS) is 10.1. The monoisotopic (exact) mass is 265 g/mol. The second-order valence-corrected chi connectivity index (χ2v) is 4.37. The Morgan fingerprint density at radius 1 is 1.44 bits per heavy atom. The Hall–Kier alpha value is -2.15. The van der Waals surface area contributed by atoms with Crippen LogP contribution >= 0.6 is 11.3 Å². The van der Waals surface area contributed by atoms with Gasteiger partial charge in [0.2, 0.25) is 0 Å². The van der Waals surface area contributed by atoms with E-state index in [9.17, 15) is 9.59 Å². The van der Waals surface area contributed by atoms with Crippen molar-refractivity contribution in [1.29, 1.82) is 0 Å². The zero-order chi connectivity index (χ0) is 13.1. The average molecular weight is 265 g/mol. The van der Waals surface area contributed by atoms with E-state index in [1.54, 1.807) is 24.6 Å². The first-order valence-electron chi connectivity index (χ1n) is 5.08. The minimum atomic E-state index is -0.475. The number of hydrogen-bond acceptors (Lipinski definition) is 5. The number of carbonyl (C=O) groups excluding carboxylic acids is 2. The van der Waals surface area contributed by atoms with Gasteiger partial charge in [0.25, 0.3) is 5.91 Å². The number of nitrogens with one attached hydrogen (secondary N) is 1. The molecule has 2 aromatic heterocycles. The maximum absolute atomic E-state index is 11.9. The summed E-state index contributed by atoms with van der Waals surface area (Å²) in [5.74, 6) is -0.792. The van der Waals surface area contributed by atoms with Crippen molar-refractivity contribution in [2.24, 2.45) is 7.05 Å². The summed E-state index contributed by atoms with van der Waals surface area (Å²) in [5.41, 5.74) is 0.761. The van der Waals surface area contributed by atoms with Gasteiger partial charge in [-0.25, -0.2) is 4.79 Å². The molecule has 0 aliphatic carbocycles. The van der Waals surface area contributed by atoms with Crippen molar-refractivity contribution in [2.75, 3.05) is 12.4 Å². The van der Waals surface area contributed by atoms with Crippen molar-refractivity contribution >= 4 is 28.2 Å². The minimum absolute atomic E-state index is 0.317. The van der Waals surface area contributed by atoms with Gasteiger partial charge in [0.05, 0.1) is 12.7 Å². The van der Waals surface area contributed by atoms with Gasteiger partial charge in [-0.05, 0) is 17.5 Å². The summed E-state index contributed by atoms with van der Waals surface area (Å²) < 4.78 is 6.09. The summed E-state index contributed by atoms with van der Waals surface area (Å²) in [4.78, 5) is 23.4. The second-order valence-electron chi connectivity index (χ2n) is 3.45. The van der Waals surface area contributed by atoms with Crippen molar-refractivity contribution in [3.63, 3.8) is 0 Å². The lowest BCUT2D eigenvalue weighted by Crippen LogP contribution is -2.17. The van der Waals surface area contributed by atoms with Crippen molar-refractivity contribution < 1.29 is 14.3 Å². The van der Waals surface area contributed by atoms with Crippen molar-refractivity contribution in [2.45, 2.75) is 0 Å². The Balaban J connectivity index is 2.20. The number of amides is 1. The standard InChI is InChI=1S/C11H11N3O3S/c1-14-8(3-5-12-14)9(15)13-10-7(4-6-18-10)11(16)17-2/h3-6H,1-2H3,(H,13,15). The predicted octanol–water partition coefficient (Wildman–Crippen LogP) is 1.52. The Morgan fingerprint density at radius 2 is 2.22 bits per heavy atom. The highest BCUT2D eigenvalue weighted by atomic mass is 32.1. The van der Waals surface area contributed by atoms with Crippen LogP contribution in [0.15, 0.2) is 23.7 Å². The molecule has 2 aromatic rings. The molecule has 0 saturated heterocycles. The van der Waals surface area contributed by atoms with Crippen LogP contribution in [0.5, 0.6) is 0 Å². The van der Waals surface area contributed by atoms with Gasteiger partial charge in [-0.15, -0.1) is 11.3 Å². The number of carbonyl (C=O) groups is 2. The number of esters is 1. The van der Waals surface area contributed by atoms with E-state index in [1.165, 1.54) is 29.3 Å². The van der Waals surface area contributed by atoms with Crippen LogP contribution < -0.4 is 5.32 Å². The highest BCUT2D eigenvalue weighted by Crippen LogP contribution is 2.24. The maximum atomic E-state index is 11.9. The SMILES string of the molecule is COC(=O)c1ccsc1NC(=O)c1ccnn1C. The van der Waals surface area contributed by atoms with E-state index in [2.05, 4.69) is 15.2 Å². The van der Waals surface area contributed by atoms with Gasteiger partial charge < -0.3 is 10.1 Å². The highest BCUT2D eigenvalue weighted by molar-refractivity contribution is 7.14. The van der Waals surface area contributed by atoms with Crippen LogP contribution in [0.1, 0.15) is 20.8 Å². The smallest absolute Gasteiger partial charge is 0.340 e. The molecular weight excluding hydrogens is 254 g/mol. The van der Waals surface area contributed by atoms with E-state index in [0.717, 1.165) is 0 Å². The fourth-order valence-corrected chi connectivity index (χ4v) is 2.21. The van der Waals surface area contributed by atoms with Crippen LogP contribution in [0.4, 0.5) is 5.00 Å². The molecule has 2 heterocycles. The zero-order valence-corrected chi connectivity index (χ0v) is 10.7. The summed E-state index contributed by atoms with van der Waals surface area (Å²) in [5, 5.41) is 8.75.